The number of halogens is 4. The van der Waals surface area contributed by atoms with Crippen LogP contribution in [0.4, 0.5) is 10.1 Å². The van der Waals surface area contributed by atoms with Crippen LogP contribution in [-0.4, -0.2) is 38.0 Å². The Kier molecular flexibility index (Phi) is 7.22. The van der Waals surface area contributed by atoms with Crippen molar-refractivity contribution in [3.8, 4) is 17.2 Å². The molecule has 1 aliphatic carbocycles. The number of methoxy groups -OCH3 is 1. The summed E-state index contributed by atoms with van der Waals surface area (Å²) in [6.07, 6.45) is 1.85. The monoisotopic (exact) mass is 772 g/mol. The van der Waals surface area contributed by atoms with Crippen molar-refractivity contribution in [1.29, 1.82) is 0 Å². The van der Waals surface area contributed by atoms with E-state index in [0.29, 0.717) is 21.3 Å². The number of ether oxygens (including phenoxy) is 1. The molecule has 3 aromatic carbocycles. The molecule has 1 N–H and O–H groups in total. The van der Waals surface area contributed by atoms with Gasteiger partial charge in [0, 0.05) is 10.4 Å². The minimum Gasteiger partial charge on any atom is -0.503 e. The van der Waals surface area contributed by atoms with E-state index < -0.39 is 52.3 Å². The van der Waals surface area contributed by atoms with Crippen LogP contribution in [0.1, 0.15) is 30.9 Å². The fourth-order valence-corrected chi connectivity index (χ4v) is 8.40. The lowest BCUT2D eigenvalue weighted by molar-refractivity contribution is -0.129. The molecule has 2 amide bonds. The van der Waals surface area contributed by atoms with E-state index in [-0.39, 0.29) is 39.6 Å². The van der Waals surface area contributed by atoms with Gasteiger partial charge in [0.1, 0.15) is 5.82 Å². The predicted molar refractivity (Wildman–Crippen MR) is 174 cm³/mol. The molecule has 14 heteroatoms. The van der Waals surface area contributed by atoms with E-state index in [1.54, 1.807) is 43.3 Å². The zero-order chi connectivity index (χ0) is 32.8. The molecule has 10 nitrogen and oxygen atoms in total. The topological polar surface area (TPSA) is 116 Å². The number of para-hydroxylation sites is 1. The number of phenols is 1. The van der Waals surface area contributed by atoms with Crippen molar-refractivity contribution in [2.24, 2.45) is 11.3 Å². The second-order valence-corrected chi connectivity index (χ2v) is 13.6. The van der Waals surface area contributed by atoms with E-state index in [4.69, 9.17) is 16.3 Å². The van der Waals surface area contributed by atoms with Crippen molar-refractivity contribution < 1.29 is 23.8 Å². The van der Waals surface area contributed by atoms with Crippen molar-refractivity contribution >= 4 is 61.0 Å². The van der Waals surface area contributed by atoms with Gasteiger partial charge in [0.05, 0.1) is 51.9 Å². The Bertz CT molecular complexity index is 2140. The lowest BCUT2D eigenvalue weighted by Gasteiger charge is -2.47. The van der Waals surface area contributed by atoms with Crippen molar-refractivity contribution in [1.82, 2.24) is 13.9 Å². The normalized spacial score (nSPS) is 23.6. The number of amides is 2. The summed E-state index contributed by atoms with van der Waals surface area (Å²) in [5, 5.41) is 10.5. The number of aromatic nitrogens is 3. The highest BCUT2D eigenvalue weighted by molar-refractivity contribution is 9.13. The summed E-state index contributed by atoms with van der Waals surface area (Å²) < 4.78 is 24.1. The molecule has 3 aliphatic rings. The molecule has 236 valence electrons. The maximum atomic E-state index is 14.6. The highest BCUT2D eigenvalue weighted by atomic mass is 79.9. The minimum absolute atomic E-state index is 0.0288. The molecule has 1 saturated carbocycles. The number of hydrogen-bond donors (Lipinski definition) is 1. The van der Waals surface area contributed by atoms with Gasteiger partial charge in [0.25, 0.3) is 0 Å². The third kappa shape index (κ3) is 4.10. The lowest BCUT2D eigenvalue weighted by atomic mass is 9.56. The molecule has 46 heavy (non-hydrogen) atoms. The number of hydrogen-bond acceptors (Lipinski definition) is 6. The molecule has 7 rings (SSSR count). The lowest BCUT2D eigenvalue weighted by Crippen LogP contribution is -2.49. The van der Waals surface area contributed by atoms with Crippen LogP contribution in [0.15, 0.2) is 84.8 Å². The first-order valence-corrected chi connectivity index (χ1v) is 16.2. The molecule has 2 aliphatic heterocycles. The third-order valence-corrected chi connectivity index (χ3v) is 11.9. The zero-order valence-electron chi connectivity index (χ0n) is 24.2. The SMILES string of the molecule is COc1cc([C@H]2C3=CCn4c(=O)n(-c5ccccc5)c(=O)n4[C@@H]3C[C@H]3C(=O)N(c4ccc(F)c(Cl)c4)C(=O)[C@@]23C)c(Br)c(Br)c1O. The predicted octanol–water partition coefficient (Wildman–Crippen LogP) is 5.70. The van der Waals surface area contributed by atoms with Gasteiger partial charge in [-0.05, 0) is 92.7 Å². The largest absolute Gasteiger partial charge is 0.503 e. The van der Waals surface area contributed by atoms with Gasteiger partial charge in [0.15, 0.2) is 11.5 Å². The van der Waals surface area contributed by atoms with E-state index >= 15 is 0 Å². The standard InChI is InChI=1S/C32H24Br2ClFN4O6/c1-32-19(28(42)38(29(32)43)16-8-9-21(36)20(35)12-16)14-22-17(24(32)18-13-23(46-2)27(41)26(34)25(18)33)10-11-37-30(44)39(31(45)40(22)37)15-6-4-3-5-7-15/h3-10,12-13,19,22,24,41H,11,14H2,1-2H3/t19-,22+,24+,32+/m0/s1. The summed E-state index contributed by atoms with van der Waals surface area (Å²) in [5.41, 5.74) is -0.881. The van der Waals surface area contributed by atoms with E-state index in [1.165, 1.54) is 28.6 Å². The smallest absolute Gasteiger partial charge is 0.352 e. The Hall–Kier alpha value is -3.94. The number of rotatable bonds is 4. The maximum Gasteiger partial charge on any atom is 0.352 e. The van der Waals surface area contributed by atoms with Crippen LogP contribution in [0, 0.1) is 17.2 Å². The Morgan fingerprint density at radius 2 is 1.72 bits per heavy atom. The Balaban J connectivity index is 1.48. The highest BCUT2D eigenvalue weighted by Crippen LogP contribution is 2.63. The van der Waals surface area contributed by atoms with Crippen molar-refractivity contribution in [3.63, 3.8) is 0 Å². The molecule has 1 saturated heterocycles. The first-order valence-electron chi connectivity index (χ1n) is 14.2. The van der Waals surface area contributed by atoms with Gasteiger partial charge in [-0.25, -0.2) is 32.8 Å². The van der Waals surface area contributed by atoms with Crippen molar-refractivity contribution in [3.05, 3.63) is 113 Å². The van der Waals surface area contributed by atoms with Gasteiger partial charge < -0.3 is 9.84 Å². The second-order valence-electron chi connectivity index (χ2n) is 11.6. The van der Waals surface area contributed by atoms with Gasteiger partial charge in [-0.2, -0.15) is 0 Å². The maximum absolute atomic E-state index is 14.6. The molecule has 0 unspecified atom stereocenters. The minimum atomic E-state index is -1.42. The number of phenolic OH excluding ortho intramolecular Hbond substituents is 1. The fourth-order valence-electron chi connectivity index (χ4n) is 7.27. The first kappa shape index (κ1) is 30.7. The van der Waals surface area contributed by atoms with E-state index in [9.17, 15) is 28.7 Å². The molecule has 4 atom stereocenters. The number of allylic oxidation sites excluding steroid dienone is 2. The molecular formula is C32H24Br2ClFN4O6. The van der Waals surface area contributed by atoms with E-state index in [0.717, 1.165) is 15.5 Å². The molecule has 3 heterocycles. The van der Waals surface area contributed by atoms with Crippen molar-refractivity contribution in [2.45, 2.75) is 31.8 Å². The summed E-state index contributed by atoms with van der Waals surface area (Å²) in [5.74, 6) is -3.66. The van der Waals surface area contributed by atoms with E-state index in [1.807, 2.05) is 6.08 Å². The third-order valence-electron chi connectivity index (χ3n) is 9.42. The summed E-state index contributed by atoms with van der Waals surface area (Å²) in [6, 6.07) is 13.0. The molecule has 1 aromatic heterocycles. The van der Waals surface area contributed by atoms with Crippen LogP contribution in [-0.2, 0) is 16.1 Å². The number of imide groups is 1. The van der Waals surface area contributed by atoms with Gasteiger partial charge in [0.2, 0.25) is 11.8 Å². The number of nitrogens with zero attached hydrogens (tertiary/aromatic N) is 4. The molecule has 0 bridgehead atoms. The molecule has 4 aromatic rings. The number of benzene rings is 3. The summed E-state index contributed by atoms with van der Waals surface area (Å²) in [6.45, 7) is 1.73. The number of fused-ring (bicyclic) bond motifs is 4. The van der Waals surface area contributed by atoms with Crippen LogP contribution in [0.3, 0.4) is 0 Å². The first-order chi connectivity index (χ1) is 21.9. The van der Waals surface area contributed by atoms with Gasteiger partial charge in [-0.3, -0.25) is 9.59 Å². The number of aromatic hydroxyl groups is 1. The quantitative estimate of drug-likeness (QED) is 0.210. The summed E-state index contributed by atoms with van der Waals surface area (Å²) in [7, 11) is 1.39. The second kappa shape index (κ2) is 10.8. The average Bonchev–Trinajstić information content (AvgIpc) is 3.41. The Morgan fingerprint density at radius 1 is 1.00 bits per heavy atom. The van der Waals surface area contributed by atoms with Crippen LogP contribution < -0.4 is 21.0 Å². The fraction of sp³-hybridized carbons (Fsp3) is 0.250. The van der Waals surface area contributed by atoms with Crippen LogP contribution >= 0.6 is 43.5 Å². The molecule has 2 fully saturated rings. The molecular weight excluding hydrogens is 751 g/mol. The number of carbonyl (C=O) groups excluding carboxylic acids is 2. The Morgan fingerprint density at radius 3 is 2.39 bits per heavy atom. The summed E-state index contributed by atoms with van der Waals surface area (Å²) in [4.78, 5) is 57.6. The zero-order valence-corrected chi connectivity index (χ0v) is 28.1. The van der Waals surface area contributed by atoms with Crippen molar-refractivity contribution in [2.75, 3.05) is 12.0 Å². The van der Waals surface area contributed by atoms with Gasteiger partial charge >= 0.3 is 11.4 Å². The van der Waals surface area contributed by atoms with Gasteiger partial charge in [-0.1, -0.05) is 35.9 Å². The number of carbonyl (C=O) groups is 2. The van der Waals surface area contributed by atoms with Crippen LogP contribution in [0.25, 0.3) is 5.69 Å². The average molecular weight is 775 g/mol. The highest BCUT2D eigenvalue weighted by Gasteiger charge is 2.66. The van der Waals surface area contributed by atoms with Gasteiger partial charge in [-0.15, -0.1) is 0 Å². The van der Waals surface area contributed by atoms with E-state index in [2.05, 4.69) is 31.9 Å². The van der Waals surface area contributed by atoms with Crippen LogP contribution in [0.5, 0.6) is 11.5 Å². The number of anilines is 1. The molecule has 0 spiro atoms. The Labute approximate surface area is 282 Å². The summed E-state index contributed by atoms with van der Waals surface area (Å²) >= 11 is 13.1. The molecule has 0 radical (unpaired) electrons. The van der Waals surface area contributed by atoms with Crippen LogP contribution in [0.2, 0.25) is 5.02 Å².